The second-order valence-corrected chi connectivity index (χ2v) is 3.18. The zero-order valence-electron chi connectivity index (χ0n) is 6.75. The molecule has 0 aromatic carbocycles. The standard InChI is InChI=1S/C6H13NO6/c8-1-5(12)3(10)4(11)6(13,2-9)7-5/h3-4,7-13H,1-2H2/t3-,4-,5-,6+/m0/s1. The van der Waals surface area contributed by atoms with Crippen LogP contribution in [0.2, 0.25) is 0 Å². The SMILES string of the molecule is OC[C@@]1(O)N[C@@](O)(CO)[C@@H](O)[C@@H]1O. The Kier molecular flexibility index (Phi) is 2.61. The summed E-state index contributed by atoms with van der Waals surface area (Å²) in [5.41, 5.74) is -4.40. The van der Waals surface area contributed by atoms with E-state index in [1.807, 2.05) is 5.32 Å². The summed E-state index contributed by atoms with van der Waals surface area (Å²) >= 11 is 0. The lowest BCUT2D eigenvalue weighted by molar-refractivity contribution is -0.123. The Labute approximate surface area is 73.9 Å². The Morgan fingerprint density at radius 3 is 1.38 bits per heavy atom. The van der Waals surface area contributed by atoms with E-state index in [-0.39, 0.29) is 0 Å². The monoisotopic (exact) mass is 195 g/mol. The maximum Gasteiger partial charge on any atom is 0.170 e. The second-order valence-electron chi connectivity index (χ2n) is 3.18. The third-order valence-corrected chi connectivity index (χ3v) is 2.19. The van der Waals surface area contributed by atoms with Gasteiger partial charge in [-0.05, 0) is 0 Å². The molecular weight excluding hydrogens is 182 g/mol. The second kappa shape index (κ2) is 3.14. The Bertz CT molecular complexity index is 182. The Morgan fingerprint density at radius 1 is 0.923 bits per heavy atom. The molecule has 0 bridgehead atoms. The molecule has 4 atom stereocenters. The van der Waals surface area contributed by atoms with E-state index in [4.69, 9.17) is 10.2 Å². The highest BCUT2D eigenvalue weighted by atomic mass is 16.4. The minimum absolute atomic E-state index is 0.895. The van der Waals surface area contributed by atoms with Crippen molar-refractivity contribution in [2.75, 3.05) is 13.2 Å². The van der Waals surface area contributed by atoms with Crippen LogP contribution < -0.4 is 5.32 Å². The number of hydrogen-bond donors (Lipinski definition) is 7. The zero-order valence-corrected chi connectivity index (χ0v) is 6.75. The van der Waals surface area contributed by atoms with Crippen LogP contribution in [0, 0.1) is 0 Å². The maximum atomic E-state index is 9.36. The summed E-state index contributed by atoms with van der Waals surface area (Å²) in [6, 6.07) is 0. The first kappa shape index (κ1) is 10.8. The van der Waals surface area contributed by atoms with E-state index < -0.39 is 36.9 Å². The van der Waals surface area contributed by atoms with E-state index in [1.165, 1.54) is 0 Å². The molecule has 1 fully saturated rings. The van der Waals surface area contributed by atoms with Crippen LogP contribution in [0.15, 0.2) is 0 Å². The first-order valence-electron chi connectivity index (χ1n) is 3.71. The predicted molar refractivity (Wildman–Crippen MR) is 39.2 cm³/mol. The molecule has 0 aromatic rings. The third-order valence-electron chi connectivity index (χ3n) is 2.19. The lowest BCUT2D eigenvalue weighted by Gasteiger charge is -2.26. The minimum Gasteiger partial charge on any atom is -0.392 e. The van der Waals surface area contributed by atoms with Crippen LogP contribution in [-0.2, 0) is 0 Å². The molecule has 0 unspecified atom stereocenters. The van der Waals surface area contributed by atoms with Crippen LogP contribution in [-0.4, -0.2) is 67.5 Å². The number of nitrogens with one attached hydrogen (secondary N) is 1. The van der Waals surface area contributed by atoms with E-state index in [1.54, 1.807) is 0 Å². The molecular formula is C6H13NO6. The van der Waals surface area contributed by atoms with Gasteiger partial charge < -0.3 is 30.6 Å². The number of aliphatic hydroxyl groups excluding tert-OH is 4. The fraction of sp³-hybridized carbons (Fsp3) is 1.00. The van der Waals surface area contributed by atoms with E-state index in [9.17, 15) is 20.4 Å². The van der Waals surface area contributed by atoms with Crippen molar-refractivity contribution in [2.24, 2.45) is 0 Å². The summed E-state index contributed by atoms with van der Waals surface area (Å²) in [5, 5.41) is 56.4. The van der Waals surface area contributed by atoms with Crippen molar-refractivity contribution < 1.29 is 30.6 Å². The molecule has 7 nitrogen and oxygen atoms in total. The van der Waals surface area contributed by atoms with Crippen molar-refractivity contribution in [3.8, 4) is 0 Å². The van der Waals surface area contributed by atoms with Crippen molar-refractivity contribution in [3.63, 3.8) is 0 Å². The van der Waals surface area contributed by atoms with E-state index in [0.717, 1.165) is 0 Å². The fourth-order valence-corrected chi connectivity index (χ4v) is 1.31. The van der Waals surface area contributed by atoms with Gasteiger partial charge in [0, 0.05) is 0 Å². The highest BCUT2D eigenvalue weighted by Gasteiger charge is 2.58. The number of hydrogen-bond acceptors (Lipinski definition) is 7. The van der Waals surface area contributed by atoms with Crippen molar-refractivity contribution in [3.05, 3.63) is 0 Å². The molecule has 1 saturated heterocycles. The van der Waals surface area contributed by atoms with Gasteiger partial charge in [0.2, 0.25) is 0 Å². The van der Waals surface area contributed by atoms with E-state index >= 15 is 0 Å². The Morgan fingerprint density at radius 2 is 1.23 bits per heavy atom. The Balaban J connectivity index is 2.90. The first-order chi connectivity index (χ1) is 5.89. The van der Waals surface area contributed by atoms with Crippen LogP contribution in [0.3, 0.4) is 0 Å². The van der Waals surface area contributed by atoms with Gasteiger partial charge in [0.15, 0.2) is 11.4 Å². The molecule has 1 aliphatic heterocycles. The summed E-state index contributed by atoms with van der Waals surface area (Å²) in [5.74, 6) is 0. The molecule has 1 heterocycles. The molecule has 7 N–H and O–H groups in total. The van der Waals surface area contributed by atoms with Crippen LogP contribution >= 0.6 is 0 Å². The molecule has 0 radical (unpaired) electrons. The predicted octanol–water partition coefficient (Wildman–Crippen LogP) is -4.33. The summed E-state index contributed by atoms with van der Waals surface area (Å²) in [7, 11) is 0. The quantitative estimate of drug-likeness (QED) is 0.237. The highest BCUT2D eigenvalue weighted by Crippen LogP contribution is 2.27. The number of rotatable bonds is 2. The summed E-state index contributed by atoms with van der Waals surface area (Å²) < 4.78 is 0. The highest BCUT2D eigenvalue weighted by molar-refractivity contribution is 5.06. The maximum absolute atomic E-state index is 9.36. The molecule has 0 amide bonds. The van der Waals surface area contributed by atoms with Crippen molar-refractivity contribution in [1.82, 2.24) is 5.32 Å². The summed E-state index contributed by atoms with van der Waals surface area (Å²) in [6.07, 6.45) is -3.54. The van der Waals surface area contributed by atoms with Crippen molar-refractivity contribution >= 4 is 0 Å². The molecule has 78 valence electrons. The van der Waals surface area contributed by atoms with Gasteiger partial charge in [-0.2, -0.15) is 0 Å². The molecule has 0 aliphatic carbocycles. The lowest BCUT2D eigenvalue weighted by Crippen LogP contribution is -2.57. The molecule has 0 saturated carbocycles. The van der Waals surface area contributed by atoms with Crippen LogP contribution in [0.1, 0.15) is 0 Å². The average molecular weight is 195 g/mol. The van der Waals surface area contributed by atoms with Gasteiger partial charge in [-0.1, -0.05) is 0 Å². The van der Waals surface area contributed by atoms with Gasteiger partial charge in [-0.3, -0.25) is 5.32 Å². The fourth-order valence-electron chi connectivity index (χ4n) is 1.31. The van der Waals surface area contributed by atoms with Gasteiger partial charge in [0.05, 0.1) is 13.2 Å². The topological polar surface area (TPSA) is 133 Å². The van der Waals surface area contributed by atoms with Crippen LogP contribution in [0.25, 0.3) is 0 Å². The van der Waals surface area contributed by atoms with Gasteiger partial charge in [0.25, 0.3) is 0 Å². The largest absolute Gasteiger partial charge is 0.392 e. The molecule has 7 heteroatoms. The summed E-state index contributed by atoms with van der Waals surface area (Å²) in [4.78, 5) is 0. The third kappa shape index (κ3) is 1.44. The average Bonchev–Trinajstić information content (AvgIpc) is 2.30. The van der Waals surface area contributed by atoms with E-state index in [0.29, 0.717) is 0 Å². The van der Waals surface area contributed by atoms with Gasteiger partial charge in [-0.15, -0.1) is 0 Å². The summed E-state index contributed by atoms with van der Waals surface area (Å²) in [6.45, 7) is -1.79. The van der Waals surface area contributed by atoms with Crippen LogP contribution in [0.5, 0.6) is 0 Å². The van der Waals surface area contributed by atoms with Gasteiger partial charge in [-0.25, -0.2) is 0 Å². The van der Waals surface area contributed by atoms with Gasteiger partial charge >= 0.3 is 0 Å². The molecule has 1 aliphatic rings. The Hall–Kier alpha value is -0.280. The van der Waals surface area contributed by atoms with Gasteiger partial charge in [0.1, 0.15) is 12.2 Å². The zero-order chi connectivity index (χ0) is 10.3. The normalized spacial score (nSPS) is 51.2. The molecule has 13 heavy (non-hydrogen) atoms. The molecule has 1 rings (SSSR count). The lowest BCUT2D eigenvalue weighted by atomic mass is 10.0. The smallest absolute Gasteiger partial charge is 0.170 e. The van der Waals surface area contributed by atoms with E-state index in [2.05, 4.69) is 0 Å². The van der Waals surface area contributed by atoms with Crippen LogP contribution in [0.4, 0.5) is 0 Å². The minimum atomic E-state index is -2.20. The van der Waals surface area contributed by atoms with Crippen molar-refractivity contribution in [2.45, 2.75) is 23.7 Å². The van der Waals surface area contributed by atoms with Crippen molar-refractivity contribution in [1.29, 1.82) is 0 Å². The molecule has 0 spiro atoms. The molecule has 0 aromatic heterocycles. The first-order valence-corrected chi connectivity index (χ1v) is 3.71. The number of aliphatic hydroxyl groups is 6.